The molecule has 0 aromatic heterocycles. The molecule has 1 aliphatic carbocycles. The first-order chi connectivity index (χ1) is 5.53. The molecule has 12 heavy (non-hydrogen) atoms. The second-order valence-electron chi connectivity index (χ2n) is 3.18. The number of hydrogen-bond donors (Lipinski definition) is 0. The van der Waals surface area contributed by atoms with Crippen LogP contribution in [0.2, 0.25) is 0 Å². The molecule has 0 saturated heterocycles. The molecule has 68 valence electrons. The van der Waals surface area contributed by atoms with Gasteiger partial charge in [-0.25, -0.2) is 0 Å². The molecule has 0 spiro atoms. The Morgan fingerprint density at radius 1 is 1.33 bits per heavy atom. The first-order valence-corrected chi connectivity index (χ1v) is 3.82. The van der Waals surface area contributed by atoms with Crippen molar-refractivity contribution in [1.82, 2.24) is 0 Å². The monoisotopic (exact) mass is 174 g/mol. The molecule has 0 aromatic carbocycles. The zero-order valence-electron chi connectivity index (χ0n) is 6.73. The summed E-state index contributed by atoms with van der Waals surface area (Å²) in [6, 6.07) is 0. The van der Waals surface area contributed by atoms with Crippen LogP contribution in [-0.4, -0.2) is 15.5 Å². The standard InChI is InChI=1S/C6H10N2O4/c1-2-5-3-6(4-5,7(9)10)8(11)12/h5H,2-4H2,1H3. The molecule has 1 saturated carbocycles. The van der Waals surface area contributed by atoms with Crippen LogP contribution in [0, 0.1) is 26.1 Å². The molecule has 0 unspecified atom stereocenters. The Balaban J connectivity index is 2.69. The van der Waals surface area contributed by atoms with Crippen LogP contribution in [0.25, 0.3) is 0 Å². The lowest BCUT2D eigenvalue weighted by molar-refractivity contribution is -0.815. The van der Waals surface area contributed by atoms with Crippen molar-refractivity contribution >= 4 is 0 Å². The van der Waals surface area contributed by atoms with Gasteiger partial charge in [-0.3, -0.25) is 20.2 Å². The third-order valence-electron chi connectivity index (χ3n) is 2.49. The maximum Gasteiger partial charge on any atom is 0.459 e. The fourth-order valence-electron chi connectivity index (χ4n) is 1.52. The minimum atomic E-state index is -1.86. The summed E-state index contributed by atoms with van der Waals surface area (Å²) in [7, 11) is 0. The average molecular weight is 174 g/mol. The van der Waals surface area contributed by atoms with Crippen LogP contribution in [0.4, 0.5) is 0 Å². The van der Waals surface area contributed by atoms with E-state index < -0.39 is 15.5 Å². The van der Waals surface area contributed by atoms with Gasteiger partial charge in [0.05, 0.1) is 22.7 Å². The van der Waals surface area contributed by atoms with E-state index >= 15 is 0 Å². The molecular formula is C6H10N2O4. The summed E-state index contributed by atoms with van der Waals surface area (Å²) < 4.78 is 0. The van der Waals surface area contributed by atoms with E-state index in [1.807, 2.05) is 6.92 Å². The molecular weight excluding hydrogens is 164 g/mol. The zero-order valence-corrected chi connectivity index (χ0v) is 6.73. The van der Waals surface area contributed by atoms with E-state index in [9.17, 15) is 20.2 Å². The normalized spacial score (nSPS) is 21.4. The van der Waals surface area contributed by atoms with Crippen molar-refractivity contribution in [3.8, 4) is 0 Å². The predicted molar refractivity (Wildman–Crippen MR) is 39.7 cm³/mol. The van der Waals surface area contributed by atoms with Crippen LogP contribution < -0.4 is 0 Å². The fourth-order valence-corrected chi connectivity index (χ4v) is 1.52. The zero-order chi connectivity index (χ0) is 9.35. The van der Waals surface area contributed by atoms with E-state index in [2.05, 4.69) is 0 Å². The van der Waals surface area contributed by atoms with Crippen molar-refractivity contribution in [2.45, 2.75) is 31.8 Å². The highest BCUT2D eigenvalue weighted by molar-refractivity contribution is 4.85. The summed E-state index contributed by atoms with van der Waals surface area (Å²) in [5, 5.41) is 20.7. The summed E-state index contributed by atoms with van der Waals surface area (Å²) in [6.45, 7) is 1.88. The summed E-state index contributed by atoms with van der Waals surface area (Å²) in [5.41, 5.74) is -1.86. The SMILES string of the molecule is CCC1CC([N+](=O)[O-])([N+](=O)[O-])C1. The number of hydrogen-bond acceptors (Lipinski definition) is 4. The van der Waals surface area contributed by atoms with Gasteiger partial charge in [0.1, 0.15) is 0 Å². The van der Waals surface area contributed by atoms with Crippen LogP contribution >= 0.6 is 0 Å². The van der Waals surface area contributed by atoms with Crippen molar-refractivity contribution < 1.29 is 9.85 Å². The third-order valence-corrected chi connectivity index (χ3v) is 2.49. The minimum absolute atomic E-state index is 0.0868. The predicted octanol–water partition coefficient (Wildman–Crippen LogP) is 1.06. The molecule has 6 nitrogen and oxygen atoms in total. The van der Waals surface area contributed by atoms with E-state index in [0.717, 1.165) is 6.42 Å². The molecule has 6 heteroatoms. The van der Waals surface area contributed by atoms with Gasteiger partial charge in [0.2, 0.25) is 0 Å². The first-order valence-electron chi connectivity index (χ1n) is 3.82. The van der Waals surface area contributed by atoms with Gasteiger partial charge in [-0.05, 0) is 5.92 Å². The molecule has 1 fully saturated rings. The fraction of sp³-hybridized carbons (Fsp3) is 1.00. The Bertz CT molecular complexity index is 206. The van der Waals surface area contributed by atoms with Crippen LogP contribution in [0.15, 0.2) is 0 Å². The van der Waals surface area contributed by atoms with Gasteiger partial charge in [-0.15, -0.1) is 0 Å². The molecule has 0 heterocycles. The van der Waals surface area contributed by atoms with E-state index in [1.165, 1.54) is 0 Å². The van der Waals surface area contributed by atoms with Gasteiger partial charge in [0.15, 0.2) is 0 Å². The number of rotatable bonds is 3. The molecule has 0 radical (unpaired) electrons. The highest BCUT2D eigenvalue weighted by Crippen LogP contribution is 2.42. The minimum Gasteiger partial charge on any atom is -0.258 e. The third kappa shape index (κ3) is 1.03. The number of nitro groups is 2. The van der Waals surface area contributed by atoms with Crippen LogP contribution in [0.3, 0.4) is 0 Å². The lowest BCUT2D eigenvalue weighted by atomic mass is 9.74. The van der Waals surface area contributed by atoms with Crippen LogP contribution in [-0.2, 0) is 0 Å². The lowest BCUT2D eigenvalue weighted by Gasteiger charge is -2.31. The Kier molecular flexibility index (Phi) is 1.99. The maximum atomic E-state index is 10.4. The van der Waals surface area contributed by atoms with Crippen LogP contribution in [0.5, 0.6) is 0 Å². The smallest absolute Gasteiger partial charge is 0.258 e. The molecule has 0 amide bonds. The molecule has 1 rings (SSSR count). The molecule has 0 aliphatic heterocycles. The van der Waals surface area contributed by atoms with E-state index in [0.29, 0.717) is 0 Å². The molecule has 0 atom stereocenters. The Morgan fingerprint density at radius 2 is 1.75 bits per heavy atom. The lowest BCUT2D eigenvalue weighted by Crippen LogP contribution is -2.56. The topological polar surface area (TPSA) is 86.3 Å². The van der Waals surface area contributed by atoms with Gasteiger partial charge < -0.3 is 0 Å². The summed E-state index contributed by atoms with van der Waals surface area (Å²) in [6.07, 6.45) is 0.955. The summed E-state index contributed by atoms with van der Waals surface area (Å²) >= 11 is 0. The van der Waals surface area contributed by atoms with Gasteiger partial charge in [0, 0.05) is 0 Å². The largest absolute Gasteiger partial charge is 0.459 e. The Labute approximate surface area is 68.9 Å². The molecule has 0 aromatic rings. The van der Waals surface area contributed by atoms with Crippen LogP contribution in [0.1, 0.15) is 26.2 Å². The van der Waals surface area contributed by atoms with E-state index in [4.69, 9.17) is 0 Å². The van der Waals surface area contributed by atoms with Gasteiger partial charge >= 0.3 is 5.66 Å². The summed E-state index contributed by atoms with van der Waals surface area (Å²) in [4.78, 5) is 19.2. The maximum absolute atomic E-state index is 10.4. The van der Waals surface area contributed by atoms with Gasteiger partial charge in [0.25, 0.3) is 0 Å². The second-order valence-corrected chi connectivity index (χ2v) is 3.18. The molecule has 0 bridgehead atoms. The molecule has 0 N–H and O–H groups in total. The quantitative estimate of drug-likeness (QED) is 0.363. The Hall–Kier alpha value is -1.20. The van der Waals surface area contributed by atoms with E-state index in [1.54, 1.807) is 0 Å². The number of nitrogens with zero attached hydrogens (tertiary/aromatic N) is 2. The van der Waals surface area contributed by atoms with Crippen molar-refractivity contribution in [3.05, 3.63) is 20.2 Å². The van der Waals surface area contributed by atoms with Crippen molar-refractivity contribution in [1.29, 1.82) is 0 Å². The van der Waals surface area contributed by atoms with E-state index in [-0.39, 0.29) is 18.8 Å². The summed E-state index contributed by atoms with van der Waals surface area (Å²) in [5.74, 6) is 0.154. The van der Waals surface area contributed by atoms with Gasteiger partial charge in [-0.1, -0.05) is 13.3 Å². The highest BCUT2D eigenvalue weighted by Gasteiger charge is 2.65. The Morgan fingerprint density at radius 3 is 2.00 bits per heavy atom. The average Bonchev–Trinajstić information content (AvgIpc) is 1.83. The second kappa shape index (κ2) is 2.69. The molecule has 1 aliphatic rings. The first kappa shape index (κ1) is 8.89. The van der Waals surface area contributed by atoms with Crippen molar-refractivity contribution in [2.75, 3.05) is 0 Å². The van der Waals surface area contributed by atoms with Crippen molar-refractivity contribution in [2.24, 2.45) is 5.92 Å². The van der Waals surface area contributed by atoms with Crippen molar-refractivity contribution in [3.63, 3.8) is 0 Å². The highest BCUT2D eigenvalue weighted by atomic mass is 16.7. The van der Waals surface area contributed by atoms with Gasteiger partial charge in [-0.2, -0.15) is 0 Å².